The molecule has 9 heteroatoms. The molecule has 2 aromatic carbocycles. The summed E-state index contributed by atoms with van der Waals surface area (Å²) in [6.45, 7) is 4.05. The number of hydrogen-bond donors (Lipinski definition) is 1. The summed E-state index contributed by atoms with van der Waals surface area (Å²) in [5, 5.41) is 2.15. The van der Waals surface area contributed by atoms with Crippen molar-refractivity contribution in [2.45, 2.75) is 32.4 Å². The van der Waals surface area contributed by atoms with Gasteiger partial charge in [-0.3, -0.25) is 19.8 Å². The Morgan fingerprint density at radius 1 is 1.15 bits per heavy atom. The van der Waals surface area contributed by atoms with E-state index in [-0.39, 0.29) is 16.4 Å². The molecule has 0 aliphatic carbocycles. The zero-order valence-corrected chi connectivity index (χ0v) is 18.7. The zero-order chi connectivity index (χ0) is 23.8. The second-order valence-corrected chi connectivity index (χ2v) is 8.37. The van der Waals surface area contributed by atoms with E-state index in [4.69, 9.17) is 12.2 Å². The van der Waals surface area contributed by atoms with Gasteiger partial charge in [0.25, 0.3) is 11.8 Å². The predicted octanol–water partition coefficient (Wildman–Crippen LogP) is 4.70. The summed E-state index contributed by atoms with van der Waals surface area (Å²) in [5.74, 6) is -1.45. The molecule has 2 aliphatic heterocycles. The molecule has 1 N–H and O–H groups in total. The van der Waals surface area contributed by atoms with E-state index in [0.29, 0.717) is 5.56 Å². The lowest BCUT2D eigenvalue weighted by atomic mass is 10.0. The van der Waals surface area contributed by atoms with Gasteiger partial charge in [0.1, 0.15) is 5.57 Å². The minimum Gasteiger partial charge on any atom is -0.371 e. The maximum atomic E-state index is 13.1. The second kappa shape index (κ2) is 8.97. The number of hydrogen-bond acceptors (Lipinski definition) is 4. The molecule has 0 unspecified atom stereocenters. The number of amides is 2. The van der Waals surface area contributed by atoms with Gasteiger partial charge in [-0.2, -0.15) is 13.2 Å². The first-order valence-electron chi connectivity index (χ1n) is 10.7. The molecule has 0 atom stereocenters. The fourth-order valence-corrected chi connectivity index (χ4v) is 4.32. The molecule has 2 aromatic rings. The number of anilines is 2. The molecule has 5 nitrogen and oxygen atoms in total. The lowest BCUT2D eigenvalue weighted by molar-refractivity contribution is -0.137. The highest BCUT2D eigenvalue weighted by atomic mass is 32.1. The Labute approximate surface area is 194 Å². The van der Waals surface area contributed by atoms with E-state index in [0.717, 1.165) is 60.6 Å². The molecule has 0 spiro atoms. The lowest BCUT2D eigenvalue weighted by Gasteiger charge is -2.29. The average Bonchev–Trinajstić information content (AvgIpc) is 3.17. The molecule has 0 aromatic heterocycles. The van der Waals surface area contributed by atoms with Crippen LogP contribution in [0.25, 0.3) is 6.08 Å². The topological polar surface area (TPSA) is 52.7 Å². The Kier molecular flexibility index (Phi) is 6.25. The summed E-state index contributed by atoms with van der Waals surface area (Å²) in [6.07, 6.45) is -0.0395. The SMILES string of the molecule is CCCCN1CCc2cc(/C=C3\C(=O)NC(=S)N(c4cccc(C(F)(F)F)c4)C3=O)ccc21. The van der Waals surface area contributed by atoms with Gasteiger partial charge in [0, 0.05) is 18.8 Å². The highest BCUT2D eigenvalue weighted by Gasteiger charge is 2.36. The number of nitrogens with one attached hydrogen (secondary N) is 1. The largest absolute Gasteiger partial charge is 0.416 e. The molecular formula is C24H22F3N3O2S. The van der Waals surface area contributed by atoms with E-state index < -0.39 is 23.6 Å². The highest BCUT2D eigenvalue weighted by molar-refractivity contribution is 7.80. The smallest absolute Gasteiger partial charge is 0.371 e. The van der Waals surface area contributed by atoms with Crippen LogP contribution in [0.3, 0.4) is 0 Å². The molecule has 0 bridgehead atoms. The number of rotatable bonds is 5. The maximum Gasteiger partial charge on any atom is 0.416 e. The van der Waals surface area contributed by atoms with Crippen LogP contribution in [0.4, 0.5) is 24.5 Å². The molecule has 33 heavy (non-hydrogen) atoms. The molecule has 1 fully saturated rings. The summed E-state index contributed by atoms with van der Waals surface area (Å²) >= 11 is 5.09. The van der Waals surface area contributed by atoms with Crippen LogP contribution in [0.1, 0.15) is 36.5 Å². The standard InChI is InChI=1S/C24H22F3N3O2S/c1-2-3-10-29-11-9-16-12-15(7-8-20(16)29)13-19-21(31)28-23(33)30(22(19)32)18-6-4-5-17(14-18)24(25,26)27/h4-8,12-14H,2-3,9-11H2,1H3,(H,28,31,33)/b19-13+. The van der Waals surface area contributed by atoms with Crippen molar-refractivity contribution >= 4 is 46.6 Å². The normalized spacial score (nSPS) is 17.6. The minimum absolute atomic E-state index is 0.0637. The minimum atomic E-state index is -4.58. The van der Waals surface area contributed by atoms with Crippen molar-refractivity contribution in [1.82, 2.24) is 5.32 Å². The van der Waals surface area contributed by atoms with Crippen molar-refractivity contribution < 1.29 is 22.8 Å². The summed E-state index contributed by atoms with van der Waals surface area (Å²) in [5.41, 5.74) is 1.78. The molecular weight excluding hydrogens is 451 g/mol. The number of fused-ring (bicyclic) bond motifs is 1. The summed E-state index contributed by atoms with van der Waals surface area (Å²) < 4.78 is 39.4. The van der Waals surface area contributed by atoms with Crippen LogP contribution in [0.5, 0.6) is 0 Å². The maximum absolute atomic E-state index is 13.1. The molecule has 2 amide bonds. The Bertz CT molecular complexity index is 1160. The zero-order valence-electron chi connectivity index (χ0n) is 17.9. The Hall–Kier alpha value is -3.20. The van der Waals surface area contributed by atoms with Crippen LogP contribution < -0.4 is 15.1 Å². The molecule has 172 valence electrons. The molecule has 1 saturated heterocycles. The van der Waals surface area contributed by atoms with Crippen molar-refractivity contribution in [3.63, 3.8) is 0 Å². The highest BCUT2D eigenvalue weighted by Crippen LogP contribution is 2.33. The number of carbonyl (C=O) groups excluding carboxylic acids is 2. The van der Waals surface area contributed by atoms with Crippen molar-refractivity contribution in [3.05, 3.63) is 64.7 Å². The number of halogens is 3. The van der Waals surface area contributed by atoms with Crippen molar-refractivity contribution in [2.24, 2.45) is 0 Å². The van der Waals surface area contributed by atoms with Crippen molar-refractivity contribution in [3.8, 4) is 0 Å². The number of benzene rings is 2. The van der Waals surface area contributed by atoms with Gasteiger partial charge in [0.2, 0.25) is 0 Å². The van der Waals surface area contributed by atoms with Gasteiger partial charge in [-0.25, -0.2) is 0 Å². The fraction of sp³-hybridized carbons (Fsp3) is 0.292. The number of nitrogens with zero attached hydrogens (tertiary/aromatic N) is 2. The third kappa shape index (κ3) is 4.64. The fourth-order valence-electron chi connectivity index (χ4n) is 4.04. The lowest BCUT2D eigenvalue weighted by Crippen LogP contribution is -2.54. The van der Waals surface area contributed by atoms with Gasteiger partial charge in [-0.15, -0.1) is 0 Å². The van der Waals surface area contributed by atoms with Gasteiger partial charge in [-0.1, -0.05) is 25.5 Å². The van der Waals surface area contributed by atoms with Crippen LogP contribution in [0, 0.1) is 0 Å². The van der Waals surface area contributed by atoms with Crippen LogP contribution in [-0.2, 0) is 22.2 Å². The number of unbranched alkanes of at least 4 members (excludes halogenated alkanes) is 1. The second-order valence-electron chi connectivity index (χ2n) is 7.98. The first-order chi connectivity index (χ1) is 15.7. The first-order valence-corrected chi connectivity index (χ1v) is 11.1. The third-order valence-corrected chi connectivity index (χ3v) is 6.01. The van der Waals surface area contributed by atoms with Crippen molar-refractivity contribution in [2.75, 3.05) is 22.9 Å². The Balaban J connectivity index is 1.64. The summed E-state index contributed by atoms with van der Waals surface area (Å²) in [7, 11) is 0. The van der Waals surface area contributed by atoms with Gasteiger partial charge < -0.3 is 4.90 Å². The molecule has 2 aliphatic rings. The summed E-state index contributed by atoms with van der Waals surface area (Å²) in [6, 6.07) is 10.0. The van der Waals surface area contributed by atoms with E-state index in [9.17, 15) is 22.8 Å². The first kappa shape index (κ1) is 23.0. The molecule has 0 saturated carbocycles. The van der Waals surface area contributed by atoms with E-state index >= 15 is 0 Å². The molecule has 0 radical (unpaired) electrons. The van der Waals surface area contributed by atoms with Crippen LogP contribution in [-0.4, -0.2) is 30.0 Å². The Morgan fingerprint density at radius 3 is 2.67 bits per heavy atom. The predicted molar refractivity (Wildman–Crippen MR) is 125 cm³/mol. The number of alkyl halides is 3. The Morgan fingerprint density at radius 2 is 1.94 bits per heavy atom. The monoisotopic (exact) mass is 473 g/mol. The molecule has 4 rings (SSSR count). The van der Waals surface area contributed by atoms with Crippen LogP contribution in [0.2, 0.25) is 0 Å². The van der Waals surface area contributed by atoms with Gasteiger partial charge in [-0.05, 0) is 72.6 Å². The van der Waals surface area contributed by atoms with Crippen LogP contribution in [0.15, 0.2) is 48.0 Å². The van der Waals surface area contributed by atoms with E-state index in [1.54, 1.807) is 0 Å². The molecule has 2 heterocycles. The van der Waals surface area contributed by atoms with Crippen molar-refractivity contribution in [1.29, 1.82) is 0 Å². The van der Waals surface area contributed by atoms with E-state index in [1.165, 1.54) is 18.2 Å². The van der Waals surface area contributed by atoms with Crippen LogP contribution >= 0.6 is 12.2 Å². The summed E-state index contributed by atoms with van der Waals surface area (Å²) in [4.78, 5) is 28.9. The number of thiocarbonyl (C=S) groups is 1. The van der Waals surface area contributed by atoms with Gasteiger partial charge in [0.15, 0.2) is 5.11 Å². The average molecular weight is 474 g/mol. The number of carbonyl (C=O) groups is 2. The van der Waals surface area contributed by atoms with E-state index in [2.05, 4.69) is 17.1 Å². The third-order valence-electron chi connectivity index (χ3n) is 5.72. The van der Waals surface area contributed by atoms with Gasteiger partial charge >= 0.3 is 6.18 Å². The quantitative estimate of drug-likeness (QED) is 0.389. The van der Waals surface area contributed by atoms with E-state index in [1.807, 2.05) is 18.2 Å². The van der Waals surface area contributed by atoms with Gasteiger partial charge in [0.05, 0.1) is 11.3 Å².